The van der Waals surface area contributed by atoms with Crippen LogP contribution in [0.25, 0.3) is 0 Å². The van der Waals surface area contributed by atoms with E-state index in [4.69, 9.17) is 4.74 Å². The van der Waals surface area contributed by atoms with Gasteiger partial charge in [0.1, 0.15) is 6.10 Å². The van der Waals surface area contributed by atoms with Gasteiger partial charge in [0.05, 0.1) is 0 Å². The van der Waals surface area contributed by atoms with Crippen molar-refractivity contribution < 1.29 is 4.74 Å². The molecule has 0 saturated heterocycles. The molecule has 0 radical (unpaired) electrons. The first-order valence-electron chi connectivity index (χ1n) is 7.65. The Morgan fingerprint density at radius 1 is 1.32 bits per heavy atom. The van der Waals surface area contributed by atoms with Gasteiger partial charge in [0.25, 0.3) is 0 Å². The van der Waals surface area contributed by atoms with Crippen LogP contribution in [0.3, 0.4) is 0 Å². The third-order valence-corrected chi connectivity index (χ3v) is 4.01. The SMILES string of the molecule is CCNCc1ccnc(OC2CCCCC2CC)c1. The van der Waals surface area contributed by atoms with Gasteiger partial charge < -0.3 is 10.1 Å². The lowest BCUT2D eigenvalue weighted by Gasteiger charge is -2.30. The summed E-state index contributed by atoms with van der Waals surface area (Å²) in [6.07, 6.45) is 8.55. The van der Waals surface area contributed by atoms with Crippen LogP contribution >= 0.6 is 0 Å². The summed E-state index contributed by atoms with van der Waals surface area (Å²) in [5, 5.41) is 3.33. The zero-order valence-electron chi connectivity index (χ0n) is 12.2. The topological polar surface area (TPSA) is 34.2 Å². The highest BCUT2D eigenvalue weighted by Crippen LogP contribution is 2.29. The van der Waals surface area contributed by atoms with Crippen molar-refractivity contribution in [3.05, 3.63) is 23.9 Å². The standard InChI is InChI=1S/C16H26N2O/c1-3-14-7-5-6-8-15(14)19-16-11-13(9-10-18-16)12-17-4-2/h9-11,14-15,17H,3-8,12H2,1-2H3. The normalized spacial score (nSPS) is 23.3. The van der Waals surface area contributed by atoms with Crippen LogP contribution in [0.15, 0.2) is 18.3 Å². The van der Waals surface area contributed by atoms with Gasteiger partial charge in [0.2, 0.25) is 5.88 Å². The summed E-state index contributed by atoms with van der Waals surface area (Å²) >= 11 is 0. The van der Waals surface area contributed by atoms with E-state index < -0.39 is 0 Å². The number of nitrogens with one attached hydrogen (secondary N) is 1. The molecule has 1 aromatic rings. The van der Waals surface area contributed by atoms with E-state index in [1.807, 2.05) is 12.3 Å². The van der Waals surface area contributed by atoms with Gasteiger partial charge in [-0.3, -0.25) is 0 Å². The Kier molecular flexibility index (Phi) is 5.64. The van der Waals surface area contributed by atoms with Crippen molar-refractivity contribution in [3.8, 4) is 5.88 Å². The van der Waals surface area contributed by atoms with Crippen molar-refractivity contribution in [2.24, 2.45) is 5.92 Å². The molecular weight excluding hydrogens is 236 g/mol. The van der Waals surface area contributed by atoms with Crippen molar-refractivity contribution in [3.63, 3.8) is 0 Å². The molecule has 2 rings (SSSR count). The molecule has 2 unspecified atom stereocenters. The van der Waals surface area contributed by atoms with Crippen molar-refractivity contribution in [2.45, 2.75) is 58.6 Å². The molecule has 1 N–H and O–H groups in total. The van der Waals surface area contributed by atoms with Crippen LogP contribution in [0.5, 0.6) is 5.88 Å². The molecule has 1 saturated carbocycles. The van der Waals surface area contributed by atoms with E-state index in [0.717, 1.165) is 19.0 Å². The molecule has 0 amide bonds. The van der Waals surface area contributed by atoms with E-state index in [1.165, 1.54) is 37.7 Å². The fourth-order valence-corrected chi connectivity index (χ4v) is 2.85. The van der Waals surface area contributed by atoms with E-state index in [-0.39, 0.29) is 0 Å². The average Bonchev–Trinajstić information content (AvgIpc) is 2.46. The van der Waals surface area contributed by atoms with Crippen LogP contribution in [0, 0.1) is 5.92 Å². The second kappa shape index (κ2) is 7.49. The summed E-state index contributed by atoms with van der Waals surface area (Å²) in [5.74, 6) is 1.49. The molecule has 106 valence electrons. The first kappa shape index (κ1) is 14.3. The smallest absolute Gasteiger partial charge is 0.213 e. The van der Waals surface area contributed by atoms with E-state index >= 15 is 0 Å². The van der Waals surface area contributed by atoms with Crippen LogP contribution < -0.4 is 10.1 Å². The highest BCUT2D eigenvalue weighted by atomic mass is 16.5. The van der Waals surface area contributed by atoms with Gasteiger partial charge in [-0.15, -0.1) is 0 Å². The third kappa shape index (κ3) is 4.20. The number of rotatable bonds is 6. The molecule has 0 aliphatic heterocycles. The minimum absolute atomic E-state index is 0.362. The van der Waals surface area contributed by atoms with E-state index in [2.05, 4.69) is 30.2 Å². The molecule has 0 bridgehead atoms. The second-order valence-corrected chi connectivity index (χ2v) is 5.39. The molecule has 2 atom stereocenters. The van der Waals surface area contributed by atoms with Crippen molar-refractivity contribution in [1.82, 2.24) is 10.3 Å². The monoisotopic (exact) mass is 262 g/mol. The molecule has 0 spiro atoms. The van der Waals surface area contributed by atoms with Gasteiger partial charge in [0.15, 0.2) is 0 Å². The number of ether oxygens (including phenoxy) is 1. The van der Waals surface area contributed by atoms with Gasteiger partial charge in [-0.05, 0) is 49.8 Å². The maximum absolute atomic E-state index is 6.14. The molecule has 1 aliphatic rings. The fraction of sp³-hybridized carbons (Fsp3) is 0.688. The summed E-state index contributed by atoms with van der Waals surface area (Å²) in [6.45, 7) is 6.25. The summed E-state index contributed by atoms with van der Waals surface area (Å²) in [6, 6.07) is 4.12. The minimum atomic E-state index is 0.362. The Morgan fingerprint density at radius 3 is 2.95 bits per heavy atom. The summed E-state index contributed by atoms with van der Waals surface area (Å²) in [7, 11) is 0. The molecule has 1 fully saturated rings. The van der Waals surface area contributed by atoms with E-state index in [0.29, 0.717) is 12.0 Å². The van der Waals surface area contributed by atoms with Crippen LogP contribution in [-0.4, -0.2) is 17.6 Å². The Morgan fingerprint density at radius 2 is 2.16 bits per heavy atom. The Hall–Kier alpha value is -1.09. The van der Waals surface area contributed by atoms with Crippen molar-refractivity contribution >= 4 is 0 Å². The first-order chi connectivity index (χ1) is 9.33. The Balaban J connectivity index is 1.97. The average molecular weight is 262 g/mol. The van der Waals surface area contributed by atoms with Crippen molar-refractivity contribution in [2.75, 3.05) is 6.54 Å². The highest BCUT2D eigenvalue weighted by Gasteiger charge is 2.25. The Bertz CT molecular complexity index is 381. The quantitative estimate of drug-likeness (QED) is 0.851. The lowest BCUT2D eigenvalue weighted by molar-refractivity contribution is 0.0857. The van der Waals surface area contributed by atoms with Crippen LogP contribution in [0.2, 0.25) is 0 Å². The molecular formula is C16H26N2O. The van der Waals surface area contributed by atoms with Gasteiger partial charge in [-0.25, -0.2) is 4.98 Å². The van der Waals surface area contributed by atoms with E-state index in [1.54, 1.807) is 0 Å². The number of hydrogen-bond donors (Lipinski definition) is 1. The predicted octanol–water partition coefficient (Wildman–Crippen LogP) is 3.54. The zero-order chi connectivity index (χ0) is 13.5. The Labute approximate surface area is 116 Å². The van der Waals surface area contributed by atoms with Gasteiger partial charge in [-0.1, -0.05) is 20.3 Å². The van der Waals surface area contributed by atoms with Gasteiger partial charge in [0, 0.05) is 18.8 Å². The summed E-state index contributed by atoms with van der Waals surface area (Å²) < 4.78 is 6.14. The zero-order valence-corrected chi connectivity index (χ0v) is 12.2. The number of hydrogen-bond acceptors (Lipinski definition) is 3. The second-order valence-electron chi connectivity index (χ2n) is 5.39. The third-order valence-electron chi connectivity index (χ3n) is 4.01. The maximum Gasteiger partial charge on any atom is 0.213 e. The molecule has 1 heterocycles. The molecule has 19 heavy (non-hydrogen) atoms. The fourth-order valence-electron chi connectivity index (χ4n) is 2.85. The molecule has 0 aromatic carbocycles. The number of nitrogens with zero attached hydrogens (tertiary/aromatic N) is 1. The highest BCUT2D eigenvalue weighted by molar-refractivity contribution is 5.20. The summed E-state index contributed by atoms with van der Waals surface area (Å²) in [4.78, 5) is 4.36. The number of pyridine rings is 1. The molecule has 3 heteroatoms. The molecule has 3 nitrogen and oxygen atoms in total. The lowest BCUT2D eigenvalue weighted by Crippen LogP contribution is -2.30. The molecule has 1 aliphatic carbocycles. The summed E-state index contributed by atoms with van der Waals surface area (Å²) in [5.41, 5.74) is 1.25. The number of aromatic nitrogens is 1. The molecule has 1 aromatic heterocycles. The lowest BCUT2D eigenvalue weighted by atomic mass is 9.85. The van der Waals surface area contributed by atoms with E-state index in [9.17, 15) is 0 Å². The maximum atomic E-state index is 6.14. The van der Waals surface area contributed by atoms with Crippen LogP contribution in [-0.2, 0) is 6.54 Å². The van der Waals surface area contributed by atoms with Crippen LogP contribution in [0.1, 0.15) is 51.5 Å². The van der Waals surface area contributed by atoms with Crippen molar-refractivity contribution in [1.29, 1.82) is 0 Å². The predicted molar refractivity (Wildman–Crippen MR) is 78.3 cm³/mol. The largest absolute Gasteiger partial charge is 0.474 e. The van der Waals surface area contributed by atoms with Gasteiger partial charge >= 0.3 is 0 Å². The van der Waals surface area contributed by atoms with Crippen LogP contribution in [0.4, 0.5) is 0 Å². The van der Waals surface area contributed by atoms with Gasteiger partial charge in [-0.2, -0.15) is 0 Å². The first-order valence-corrected chi connectivity index (χ1v) is 7.65. The minimum Gasteiger partial charge on any atom is -0.474 e.